The van der Waals surface area contributed by atoms with Gasteiger partial charge in [0.2, 0.25) is 10.0 Å². The molecule has 28 heavy (non-hydrogen) atoms. The number of piperazine rings is 1. The van der Waals surface area contributed by atoms with Crippen LogP contribution < -0.4 is 5.32 Å². The second kappa shape index (κ2) is 9.16. The average Bonchev–Trinajstić information content (AvgIpc) is 3.19. The molecule has 2 aromatic rings. The average molecular weight is 407 g/mol. The van der Waals surface area contributed by atoms with Gasteiger partial charge in [-0.1, -0.05) is 11.2 Å². The largest absolute Gasteiger partial charge is 0.364 e. The van der Waals surface area contributed by atoms with Crippen molar-refractivity contribution in [3.05, 3.63) is 47.6 Å². The maximum absolute atomic E-state index is 12.5. The highest BCUT2D eigenvalue weighted by atomic mass is 32.2. The fourth-order valence-electron chi connectivity index (χ4n) is 3.07. The van der Waals surface area contributed by atoms with E-state index in [-0.39, 0.29) is 5.75 Å². The van der Waals surface area contributed by atoms with Crippen LogP contribution >= 0.6 is 0 Å². The Kier molecular flexibility index (Phi) is 6.63. The molecular formula is C18H26N6O3S. The predicted molar refractivity (Wildman–Crippen MR) is 106 cm³/mol. The number of aliphatic imine (C=N–C) groups is 1. The Balaban J connectivity index is 1.47. The lowest BCUT2D eigenvalue weighted by Crippen LogP contribution is -2.54. The summed E-state index contributed by atoms with van der Waals surface area (Å²) in [4.78, 5) is 10.7. The lowest BCUT2D eigenvalue weighted by molar-refractivity contribution is 0.260. The van der Waals surface area contributed by atoms with E-state index in [1.165, 1.54) is 10.6 Å². The molecule has 0 atom stereocenters. The van der Waals surface area contributed by atoms with Crippen molar-refractivity contribution in [1.82, 2.24) is 24.7 Å². The summed E-state index contributed by atoms with van der Waals surface area (Å²) in [5.74, 6) is 0.648. The zero-order valence-electron chi connectivity index (χ0n) is 16.2. The first-order chi connectivity index (χ1) is 13.5. The zero-order valence-corrected chi connectivity index (χ0v) is 17.0. The third-order valence-corrected chi connectivity index (χ3v) is 6.45. The smallest absolute Gasteiger partial charge is 0.220 e. The number of pyridine rings is 1. The molecule has 0 aromatic carbocycles. The zero-order chi connectivity index (χ0) is 20.0. The summed E-state index contributed by atoms with van der Waals surface area (Å²) in [5.41, 5.74) is 2.59. The van der Waals surface area contributed by atoms with Gasteiger partial charge >= 0.3 is 0 Å². The van der Waals surface area contributed by atoms with Crippen LogP contribution in [0.15, 0.2) is 40.2 Å². The van der Waals surface area contributed by atoms with Crippen molar-refractivity contribution in [1.29, 1.82) is 0 Å². The van der Waals surface area contributed by atoms with Crippen molar-refractivity contribution < 1.29 is 12.9 Å². The molecule has 1 aliphatic rings. The second-order valence-electron chi connectivity index (χ2n) is 6.66. The summed E-state index contributed by atoms with van der Waals surface area (Å²) in [6, 6.07) is 5.65. The van der Waals surface area contributed by atoms with Crippen LogP contribution in [0.2, 0.25) is 0 Å². The molecule has 0 aliphatic carbocycles. The van der Waals surface area contributed by atoms with E-state index in [0.29, 0.717) is 31.9 Å². The molecule has 10 heteroatoms. The van der Waals surface area contributed by atoms with Gasteiger partial charge in [-0.15, -0.1) is 0 Å². The minimum atomic E-state index is -3.40. The summed E-state index contributed by atoms with van der Waals surface area (Å²) in [6.07, 6.45) is 4.11. The molecule has 0 radical (unpaired) electrons. The van der Waals surface area contributed by atoms with Gasteiger partial charge in [0.1, 0.15) is 12.0 Å². The van der Waals surface area contributed by atoms with Crippen molar-refractivity contribution in [2.24, 2.45) is 4.99 Å². The van der Waals surface area contributed by atoms with E-state index in [1.54, 1.807) is 13.1 Å². The third kappa shape index (κ3) is 5.29. The molecule has 2 aromatic heterocycles. The van der Waals surface area contributed by atoms with E-state index in [4.69, 9.17) is 4.52 Å². The van der Waals surface area contributed by atoms with E-state index in [0.717, 1.165) is 30.2 Å². The molecule has 1 fully saturated rings. The van der Waals surface area contributed by atoms with Crippen molar-refractivity contribution in [2.75, 3.05) is 39.8 Å². The summed E-state index contributed by atoms with van der Waals surface area (Å²) in [7, 11) is -1.66. The van der Waals surface area contributed by atoms with Gasteiger partial charge < -0.3 is 14.7 Å². The van der Waals surface area contributed by atoms with E-state index >= 15 is 0 Å². The van der Waals surface area contributed by atoms with Gasteiger partial charge in [0.05, 0.1) is 5.69 Å². The summed E-state index contributed by atoms with van der Waals surface area (Å²) >= 11 is 0. The van der Waals surface area contributed by atoms with Crippen molar-refractivity contribution in [3.8, 4) is 0 Å². The lowest BCUT2D eigenvalue weighted by atomic mass is 10.2. The number of hydrogen-bond donors (Lipinski definition) is 1. The van der Waals surface area contributed by atoms with E-state index in [1.807, 2.05) is 19.2 Å². The maximum atomic E-state index is 12.5. The monoisotopic (exact) mass is 406 g/mol. The van der Waals surface area contributed by atoms with Crippen LogP contribution in [0.1, 0.15) is 17.0 Å². The normalized spacial score (nSPS) is 16.4. The summed E-state index contributed by atoms with van der Waals surface area (Å²) in [6.45, 7) is 4.72. The SMILES string of the molecule is CN=C(NCCc1ccc(C)nc1)N1CCN(S(=O)(=O)Cc2ccon2)CC1. The number of aryl methyl sites for hydroxylation is 1. The van der Waals surface area contributed by atoms with Gasteiger partial charge in [-0.05, 0) is 25.0 Å². The Labute approximate surface area is 165 Å². The number of guanidine groups is 1. The van der Waals surface area contributed by atoms with Crippen molar-refractivity contribution in [2.45, 2.75) is 19.1 Å². The molecule has 0 amide bonds. The van der Waals surface area contributed by atoms with E-state index in [2.05, 4.69) is 31.4 Å². The molecular weight excluding hydrogens is 380 g/mol. The van der Waals surface area contributed by atoms with E-state index in [9.17, 15) is 8.42 Å². The topological polar surface area (TPSA) is 104 Å². The molecule has 0 bridgehead atoms. The quantitative estimate of drug-likeness (QED) is 0.555. The van der Waals surface area contributed by atoms with Gasteiger partial charge in [-0.25, -0.2) is 8.42 Å². The molecule has 0 saturated carbocycles. The number of nitrogens with one attached hydrogen (secondary N) is 1. The van der Waals surface area contributed by atoms with Crippen molar-refractivity contribution >= 4 is 16.0 Å². The van der Waals surface area contributed by atoms with Crippen LogP contribution in [-0.4, -0.2) is 73.5 Å². The van der Waals surface area contributed by atoms with E-state index < -0.39 is 10.0 Å². The molecule has 1 saturated heterocycles. The van der Waals surface area contributed by atoms with Crippen LogP contribution in [0, 0.1) is 6.92 Å². The number of hydrogen-bond acceptors (Lipinski definition) is 6. The fraction of sp³-hybridized carbons (Fsp3) is 0.500. The minimum absolute atomic E-state index is 0.138. The van der Waals surface area contributed by atoms with Crippen LogP contribution in [0.25, 0.3) is 0 Å². The maximum Gasteiger partial charge on any atom is 0.220 e. The first kappa shape index (κ1) is 20.3. The Morgan fingerprint density at radius 1 is 1.25 bits per heavy atom. The Bertz CT molecular complexity index is 873. The number of aromatic nitrogens is 2. The second-order valence-corrected chi connectivity index (χ2v) is 8.63. The Morgan fingerprint density at radius 2 is 2.04 bits per heavy atom. The first-order valence-corrected chi connectivity index (χ1v) is 10.8. The molecule has 0 spiro atoms. The number of nitrogens with zero attached hydrogens (tertiary/aromatic N) is 5. The highest BCUT2D eigenvalue weighted by molar-refractivity contribution is 7.88. The van der Waals surface area contributed by atoms with Gasteiger partial charge in [-0.2, -0.15) is 4.31 Å². The van der Waals surface area contributed by atoms with Crippen LogP contribution in [0.3, 0.4) is 0 Å². The third-order valence-electron chi connectivity index (χ3n) is 4.63. The number of rotatable bonds is 6. The van der Waals surface area contributed by atoms with Crippen LogP contribution in [0.5, 0.6) is 0 Å². The van der Waals surface area contributed by atoms with Crippen molar-refractivity contribution in [3.63, 3.8) is 0 Å². The molecule has 0 unspecified atom stereocenters. The molecule has 1 N–H and O–H groups in total. The summed E-state index contributed by atoms with van der Waals surface area (Å²) in [5, 5.41) is 7.04. The molecule has 1 aliphatic heterocycles. The molecule has 3 heterocycles. The van der Waals surface area contributed by atoms with Crippen LogP contribution in [-0.2, 0) is 22.2 Å². The predicted octanol–water partition coefficient (Wildman–Crippen LogP) is 0.644. The lowest BCUT2D eigenvalue weighted by Gasteiger charge is -2.35. The number of sulfonamides is 1. The standard InChI is InChI=1S/C18H26N6O3S/c1-15-3-4-16(13-21-15)5-7-20-18(19-2)23-8-10-24(11-9-23)28(25,26)14-17-6-12-27-22-17/h3-4,6,12-13H,5,7-11,14H2,1-2H3,(H,19,20). The van der Waals surface area contributed by atoms with Gasteiger partial charge in [0.15, 0.2) is 5.96 Å². The fourth-order valence-corrected chi connectivity index (χ4v) is 4.49. The Morgan fingerprint density at radius 3 is 2.64 bits per heavy atom. The highest BCUT2D eigenvalue weighted by Gasteiger charge is 2.28. The molecule has 9 nitrogen and oxygen atoms in total. The van der Waals surface area contributed by atoms with Gasteiger partial charge in [0.25, 0.3) is 0 Å². The molecule has 3 rings (SSSR count). The van der Waals surface area contributed by atoms with Crippen LogP contribution in [0.4, 0.5) is 0 Å². The highest BCUT2D eigenvalue weighted by Crippen LogP contribution is 2.13. The van der Waals surface area contributed by atoms with Gasteiger partial charge in [-0.3, -0.25) is 9.98 Å². The molecule has 152 valence electrons. The first-order valence-electron chi connectivity index (χ1n) is 9.22. The Hall–Kier alpha value is -2.46. The van der Waals surface area contributed by atoms with Gasteiger partial charge in [0, 0.05) is 57.7 Å². The minimum Gasteiger partial charge on any atom is -0.364 e. The summed E-state index contributed by atoms with van der Waals surface area (Å²) < 4.78 is 31.3.